The summed E-state index contributed by atoms with van der Waals surface area (Å²) in [5, 5.41) is 12.4. The molecular formula is C15H24N2O3. The molecule has 1 heterocycles. The Morgan fingerprint density at radius 1 is 1.50 bits per heavy atom. The van der Waals surface area contributed by atoms with Gasteiger partial charge in [-0.25, -0.2) is 9.59 Å². The third-order valence-electron chi connectivity index (χ3n) is 4.37. The van der Waals surface area contributed by atoms with Crippen LogP contribution in [0.15, 0.2) is 11.6 Å². The molecule has 2 N–H and O–H groups in total. The summed E-state index contributed by atoms with van der Waals surface area (Å²) in [5.74, 6) is -0.565. The van der Waals surface area contributed by atoms with Crippen molar-refractivity contribution in [3.63, 3.8) is 0 Å². The highest BCUT2D eigenvalue weighted by atomic mass is 16.4. The summed E-state index contributed by atoms with van der Waals surface area (Å²) in [4.78, 5) is 25.7. The number of urea groups is 1. The lowest BCUT2D eigenvalue weighted by atomic mass is 9.76. The zero-order valence-electron chi connectivity index (χ0n) is 12.3. The smallest absolute Gasteiger partial charge is 0.329 e. The second kappa shape index (κ2) is 5.85. The molecule has 0 radical (unpaired) electrons. The van der Waals surface area contributed by atoms with Crippen LogP contribution in [0.2, 0.25) is 0 Å². The van der Waals surface area contributed by atoms with E-state index in [9.17, 15) is 14.7 Å². The molecule has 2 aliphatic rings. The largest absolute Gasteiger partial charge is 0.480 e. The van der Waals surface area contributed by atoms with E-state index in [2.05, 4.69) is 18.3 Å². The number of carbonyl (C=O) groups excluding carboxylic acids is 1. The number of amides is 2. The molecule has 20 heavy (non-hydrogen) atoms. The van der Waals surface area contributed by atoms with Crippen molar-refractivity contribution in [2.24, 2.45) is 5.92 Å². The van der Waals surface area contributed by atoms with Gasteiger partial charge in [-0.15, -0.1) is 0 Å². The highest BCUT2D eigenvalue weighted by Gasteiger charge is 2.43. The van der Waals surface area contributed by atoms with Crippen LogP contribution in [-0.2, 0) is 4.79 Å². The van der Waals surface area contributed by atoms with Crippen LogP contribution in [-0.4, -0.2) is 40.6 Å². The number of carboxylic acid groups (broad SMARTS) is 1. The van der Waals surface area contributed by atoms with Crippen LogP contribution in [0.1, 0.15) is 46.0 Å². The predicted molar refractivity (Wildman–Crippen MR) is 76.5 cm³/mol. The van der Waals surface area contributed by atoms with Crippen molar-refractivity contribution in [3.05, 3.63) is 11.6 Å². The number of nitrogens with one attached hydrogen (secondary N) is 1. The third kappa shape index (κ3) is 3.14. The number of hydrogen-bond acceptors (Lipinski definition) is 2. The van der Waals surface area contributed by atoms with Crippen LogP contribution in [0, 0.1) is 5.92 Å². The van der Waals surface area contributed by atoms with Gasteiger partial charge in [0.05, 0.1) is 0 Å². The zero-order valence-corrected chi connectivity index (χ0v) is 12.3. The number of carboxylic acids is 1. The molecule has 0 aromatic rings. The molecule has 5 heteroatoms. The number of carbonyl (C=O) groups is 2. The Kier molecular flexibility index (Phi) is 4.35. The van der Waals surface area contributed by atoms with E-state index in [-0.39, 0.29) is 6.03 Å². The molecule has 2 atom stereocenters. The van der Waals surface area contributed by atoms with Gasteiger partial charge in [-0.3, -0.25) is 0 Å². The first-order chi connectivity index (χ1) is 9.43. The Morgan fingerprint density at radius 2 is 2.25 bits per heavy atom. The molecule has 0 aromatic carbocycles. The molecule has 1 saturated carbocycles. The molecule has 0 bridgehead atoms. The number of hydrogen-bond donors (Lipinski definition) is 2. The summed E-state index contributed by atoms with van der Waals surface area (Å²) in [6, 6.07) is -0.242. The monoisotopic (exact) mass is 280 g/mol. The zero-order chi connectivity index (χ0) is 14.8. The van der Waals surface area contributed by atoms with Crippen LogP contribution in [0.5, 0.6) is 0 Å². The van der Waals surface area contributed by atoms with Gasteiger partial charge >= 0.3 is 12.0 Å². The quantitative estimate of drug-likeness (QED) is 0.763. The van der Waals surface area contributed by atoms with Crippen LogP contribution in [0.3, 0.4) is 0 Å². The fourth-order valence-electron chi connectivity index (χ4n) is 3.28. The Hall–Kier alpha value is -1.52. The molecule has 2 rings (SSSR count). The van der Waals surface area contributed by atoms with E-state index < -0.39 is 11.5 Å². The van der Waals surface area contributed by atoms with Gasteiger partial charge in [0.2, 0.25) is 0 Å². The van der Waals surface area contributed by atoms with Crippen molar-refractivity contribution in [2.45, 2.75) is 51.5 Å². The SMILES string of the molecule is CC1=CCCN(C(=O)NC2(C(=O)O)CCCC(C)C2)C1. The first-order valence-electron chi connectivity index (χ1n) is 7.39. The fourth-order valence-corrected chi connectivity index (χ4v) is 3.28. The maximum absolute atomic E-state index is 12.4. The van der Waals surface area contributed by atoms with Crippen LogP contribution < -0.4 is 5.32 Å². The molecule has 112 valence electrons. The van der Waals surface area contributed by atoms with Crippen LogP contribution in [0.4, 0.5) is 4.79 Å². The molecule has 0 aromatic heterocycles. The maximum atomic E-state index is 12.4. The van der Waals surface area contributed by atoms with E-state index in [0.29, 0.717) is 31.8 Å². The first kappa shape index (κ1) is 14.9. The van der Waals surface area contributed by atoms with Gasteiger partial charge in [0.15, 0.2) is 0 Å². The Bertz CT molecular complexity index is 433. The van der Waals surface area contributed by atoms with Crippen molar-refractivity contribution in [2.75, 3.05) is 13.1 Å². The summed E-state index contributed by atoms with van der Waals surface area (Å²) in [6.45, 7) is 5.30. The van der Waals surface area contributed by atoms with Crippen molar-refractivity contribution in [3.8, 4) is 0 Å². The minimum atomic E-state index is -1.08. The Balaban J connectivity index is 2.06. The number of nitrogens with zero attached hydrogens (tertiary/aromatic N) is 1. The predicted octanol–water partition coefficient (Wildman–Crippen LogP) is 2.38. The second-order valence-electron chi connectivity index (χ2n) is 6.28. The second-order valence-corrected chi connectivity index (χ2v) is 6.28. The van der Waals surface area contributed by atoms with Gasteiger partial charge in [-0.2, -0.15) is 0 Å². The van der Waals surface area contributed by atoms with E-state index in [1.165, 1.54) is 0 Å². The lowest BCUT2D eigenvalue weighted by Crippen LogP contribution is -2.60. The molecule has 2 unspecified atom stereocenters. The Morgan fingerprint density at radius 3 is 2.85 bits per heavy atom. The standard InChI is InChI=1S/C15H24N2O3/c1-11-5-3-7-15(9-11,13(18)19)16-14(20)17-8-4-6-12(2)10-17/h6,11H,3-5,7-10H2,1-2H3,(H,16,20)(H,18,19). The molecule has 0 saturated heterocycles. The summed E-state index contributed by atoms with van der Waals surface area (Å²) < 4.78 is 0. The first-order valence-corrected chi connectivity index (χ1v) is 7.39. The number of rotatable bonds is 2. The van der Waals surface area contributed by atoms with Gasteiger partial charge in [-0.1, -0.05) is 31.4 Å². The Labute approximate surface area is 120 Å². The number of aliphatic carboxylic acids is 1. The van der Waals surface area contributed by atoms with Crippen LogP contribution in [0.25, 0.3) is 0 Å². The van der Waals surface area contributed by atoms with Crippen molar-refractivity contribution in [1.29, 1.82) is 0 Å². The average Bonchev–Trinajstić information content (AvgIpc) is 2.38. The highest BCUT2D eigenvalue weighted by molar-refractivity contribution is 5.86. The molecular weight excluding hydrogens is 256 g/mol. The van der Waals surface area contributed by atoms with Crippen molar-refractivity contribution >= 4 is 12.0 Å². The topological polar surface area (TPSA) is 69.6 Å². The van der Waals surface area contributed by atoms with E-state index in [4.69, 9.17) is 0 Å². The normalized spacial score (nSPS) is 30.6. The minimum Gasteiger partial charge on any atom is -0.480 e. The van der Waals surface area contributed by atoms with E-state index in [0.717, 1.165) is 24.8 Å². The van der Waals surface area contributed by atoms with Gasteiger partial charge in [0, 0.05) is 13.1 Å². The summed E-state index contributed by atoms with van der Waals surface area (Å²) in [6.07, 6.45) is 5.91. The van der Waals surface area contributed by atoms with Gasteiger partial charge < -0.3 is 15.3 Å². The molecule has 2 amide bonds. The van der Waals surface area contributed by atoms with Crippen molar-refractivity contribution < 1.29 is 14.7 Å². The molecule has 5 nitrogen and oxygen atoms in total. The fraction of sp³-hybridized carbons (Fsp3) is 0.733. The summed E-state index contributed by atoms with van der Waals surface area (Å²) >= 11 is 0. The average molecular weight is 280 g/mol. The third-order valence-corrected chi connectivity index (χ3v) is 4.37. The molecule has 0 spiro atoms. The molecule has 1 aliphatic heterocycles. The van der Waals surface area contributed by atoms with E-state index in [1.54, 1.807) is 4.90 Å². The van der Waals surface area contributed by atoms with Gasteiger partial charge in [0.25, 0.3) is 0 Å². The maximum Gasteiger partial charge on any atom is 0.329 e. The van der Waals surface area contributed by atoms with Crippen LogP contribution >= 0.6 is 0 Å². The lowest BCUT2D eigenvalue weighted by Gasteiger charge is -2.39. The van der Waals surface area contributed by atoms with E-state index >= 15 is 0 Å². The van der Waals surface area contributed by atoms with Crippen molar-refractivity contribution in [1.82, 2.24) is 10.2 Å². The lowest BCUT2D eigenvalue weighted by molar-refractivity contribution is -0.146. The summed E-state index contributed by atoms with van der Waals surface area (Å²) in [7, 11) is 0. The summed E-state index contributed by atoms with van der Waals surface area (Å²) in [5.41, 5.74) is 0.0804. The molecule has 1 fully saturated rings. The minimum absolute atomic E-state index is 0.242. The van der Waals surface area contributed by atoms with E-state index in [1.807, 2.05) is 6.92 Å². The van der Waals surface area contributed by atoms with Gasteiger partial charge in [0.1, 0.15) is 5.54 Å². The highest BCUT2D eigenvalue weighted by Crippen LogP contribution is 2.32. The van der Waals surface area contributed by atoms with Gasteiger partial charge in [-0.05, 0) is 32.1 Å². The molecule has 1 aliphatic carbocycles.